The van der Waals surface area contributed by atoms with E-state index in [1.807, 2.05) is 20.8 Å². The van der Waals surface area contributed by atoms with E-state index >= 15 is 0 Å². The molecule has 0 aliphatic carbocycles. The molecule has 1 aromatic rings. The van der Waals surface area contributed by atoms with Crippen molar-refractivity contribution in [3.05, 3.63) is 11.8 Å². The van der Waals surface area contributed by atoms with Gasteiger partial charge in [0, 0.05) is 23.9 Å². The lowest BCUT2D eigenvalue weighted by molar-refractivity contribution is -0.144. The topological polar surface area (TPSA) is 110 Å². The second-order valence-electron chi connectivity index (χ2n) is 8.78. The monoisotopic (exact) mass is 411 g/mol. The Kier molecular flexibility index (Phi) is 5.84. The number of hydrogen-bond acceptors (Lipinski definition) is 6. The van der Waals surface area contributed by atoms with Crippen LogP contribution in [0.1, 0.15) is 58.6 Å². The zero-order chi connectivity index (χ0) is 20.5. The maximum atomic E-state index is 13.0. The van der Waals surface area contributed by atoms with Gasteiger partial charge in [-0.05, 0) is 32.1 Å². The van der Waals surface area contributed by atoms with Crippen LogP contribution in [0.5, 0.6) is 0 Å². The number of anilines is 1. The van der Waals surface area contributed by atoms with Crippen molar-refractivity contribution in [2.24, 2.45) is 5.92 Å². The summed E-state index contributed by atoms with van der Waals surface area (Å²) >= 11 is 0. The fraction of sp³-hybridized carbons (Fsp3) is 0.737. The Labute approximate surface area is 165 Å². The fourth-order valence-corrected chi connectivity index (χ4v) is 5.23. The third-order valence-electron chi connectivity index (χ3n) is 5.49. The van der Waals surface area contributed by atoms with Crippen LogP contribution < -0.4 is 5.32 Å². The molecule has 1 N–H and O–H groups in total. The molecule has 0 aromatic carbocycles. The van der Waals surface area contributed by atoms with Crippen LogP contribution in [0.4, 0.5) is 5.82 Å². The summed E-state index contributed by atoms with van der Waals surface area (Å²) < 4.78 is 28.6. The van der Waals surface area contributed by atoms with Crippen LogP contribution in [0.25, 0.3) is 0 Å². The van der Waals surface area contributed by atoms with Gasteiger partial charge in [0.05, 0.1) is 11.5 Å². The van der Waals surface area contributed by atoms with Gasteiger partial charge in [-0.2, -0.15) is 0 Å². The van der Waals surface area contributed by atoms with Crippen LogP contribution in [0.2, 0.25) is 0 Å². The smallest absolute Gasteiger partial charge is 0.248 e. The third-order valence-corrected chi connectivity index (χ3v) is 7.21. The predicted octanol–water partition coefficient (Wildman–Crippen LogP) is 2.12. The SMILES string of the molecule is CC(C)(C)c1cc(NC(=O)[C@H]2CCCCN2C(=O)C2CCS(=O)(=O)CC2)no1. The summed E-state index contributed by atoms with van der Waals surface area (Å²) in [4.78, 5) is 27.5. The zero-order valence-electron chi connectivity index (χ0n) is 16.7. The molecule has 0 spiro atoms. The van der Waals surface area contributed by atoms with Crippen molar-refractivity contribution in [2.75, 3.05) is 23.4 Å². The van der Waals surface area contributed by atoms with Crippen molar-refractivity contribution in [2.45, 2.75) is 64.3 Å². The first kappa shape index (κ1) is 20.8. The summed E-state index contributed by atoms with van der Waals surface area (Å²) in [7, 11) is -3.03. The molecule has 8 nitrogen and oxygen atoms in total. The molecule has 2 aliphatic heterocycles. The summed E-state index contributed by atoms with van der Waals surface area (Å²) in [5, 5.41) is 6.69. The number of nitrogens with one attached hydrogen (secondary N) is 1. The van der Waals surface area contributed by atoms with Crippen molar-refractivity contribution in [3.8, 4) is 0 Å². The number of nitrogens with zero attached hydrogens (tertiary/aromatic N) is 2. The van der Waals surface area contributed by atoms with Crippen molar-refractivity contribution in [3.63, 3.8) is 0 Å². The van der Waals surface area contributed by atoms with E-state index in [2.05, 4.69) is 10.5 Å². The number of hydrogen-bond donors (Lipinski definition) is 1. The van der Waals surface area contributed by atoms with Gasteiger partial charge in [0.25, 0.3) is 0 Å². The molecule has 0 radical (unpaired) electrons. The van der Waals surface area contributed by atoms with Gasteiger partial charge in [-0.3, -0.25) is 9.59 Å². The number of amides is 2. The van der Waals surface area contributed by atoms with Gasteiger partial charge in [0.2, 0.25) is 11.8 Å². The fourth-order valence-electron chi connectivity index (χ4n) is 3.74. The zero-order valence-corrected chi connectivity index (χ0v) is 17.5. The maximum Gasteiger partial charge on any atom is 0.248 e. The average molecular weight is 412 g/mol. The molecule has 1 atom stereocenters. The van der Waals surface area contributed by atoms with Gasteiger partial charge in [-0.1, -0.05) is 25.9 Å². The normalized spacial score (nSPS) is 23.4. The van der Waals surface area contributed by atoms with Crippen LogP contribution in [0.15, 0.2) is 10.6 Å². The Morgan fingerprint density at radius 2 is 1.86 bits per heavy atom. The summed E-state index contributed by atoms with van der Waals surface area (Å²) in [5.41, 5.74) is -0.218. The number of carbonyl (C=O) groups is 2. The summed E-state index contributed by atoms with van der Waals surface area (Å²) in [6.07, 6.45) is 2.98. The maximum absolute atomic E-state index is 13.0. The molecule has 0 saturated carbocycles. The van der Waals surface area contributed by atoms with Gasteiger partial charge in [0.1, 0.15) is 21.6 Å². The van der Waals surface area contributed by atoms with Crippen molar-refractivity contribution in [1.82, 2.24) is 10.1 Å². The summed E-state index contributed by atoms with van der Waals surface area (Å²) in [6, 6.07) is 1.15. The lowest BCUT2D eigenvalue weighted by atomic mass is 9.93. The second kappa shape index (κ2) is 7.85. The van der Waals surface area contributed by atoms with Crippen LogP contribution in [0.3, 0.4) is 0 Å². The summed E-state index contributed by atoms with van der Waals surface area (Å²) in [5.74, 6) is 0.400. The van der Waals surface area contributed by atoms with E-state index in [1.54, 1.807) is 11.0 Å². The molecule has 2 fully saturated rings. The lowest BCUT2D eigenvalue weighted by Gasteiger charge is -2.37. The molecule has 0 bridgehead atoms. The van der Waals surface area contributed by atoms with Crippen LogP contribution in [-0.2, 0) is 24.8 Å². The number of likely N-dealkylation sites (tertiary alicyclic amines) is 1. The molecule has 3 rings (SSSR count). The number of carbonyl (C=O) groups excluding carboxylic acids is 2. The van der Waals surface area contributed by atoms with Gasteiger partial charge < -0.3 is 14.7 Å². The molecule has 1 aromatic heterocycles. The van der Waals surface area contributed by atoms with Crippen molar-refractivity contribution < 1.29 is 22.5 Å². The quantitative estimate of drug-likeness (QED) is 0.816. The molecular weight excluding hydrogens is 382 g/mol. The molecule has 2 aliphatic rings. The highest BCUT2D eigenvalue weighted by Gasteiger charge is 2.38. The first-order valence-electron chi connectivity index (χ1n) is 9.86. The highest BCUT2D eigenvalue weighted by molar-refractivity contribution is 7.91. The molecular formula is C19H29N3O5S. The third kappa shape index (κ3) is 4.74. The second-order valence-corrected chi connectivity index (χ2v) is 11.1. The largest absolute Gasteiger partial charge is 0.359 e. The minimum absolute atomic E-state index is 0.0443. The van der Waals surface area contributed by atoms with E-state index in [0.29, 0.717) is 37.4 Å². The molecule has 3 heterocycles. The standard InChI is InChI=1S/C19H29N3O5S/c1-19(2,3)15-12-16(21-27-15)20-17(23)14-6-4-5-9-22(14)18(24)13-7-10-28(25,26)11-8-13/h12-14H,4-11H2,1-3H3,(H,20,21,23)/t14-/m1/s1. The molecule has 0 unspecified atom stereocenters. The van der Waals surface area contributed by atoms with Crippen LogP contribution in [0, 0.1) is 5.92 Å². The molecule has 9 heteroatoms. The van der Waals surface area contributed by atoms with E-state index in [-0.39, 0.29) is 34.7 Å². The minimum Gasteiger partial charge on any atom is -0.359 e. The van der Waals surface area contributed by atoms with Gasteiger partial charge in [0.15, 0.2) is 5.82 Å². The minimum atomic E-state index is -3.03. The first-order valence-corrected chi connectivity index (χ1v) is 11.7. The Balaban J connectivity index is 1.68. The number of rotatable bonds is 3. The van der Waals surface area contributed by atoms with Crippen LogP contribution in [-0.4, -0.2) is 54.4 Å². The number of piperidine rings is 1. The Bertz CT molecular complexity index is 826. The van der Waals surface area contributed by atoms with Crippen molar-refractivity contribution in [1.29, 1.82) is 0 Å². The predicted molar refractivity (Wildman–Crippen MR) is 105 cm³/mol. The highest BCUT2D eigenvalue weighted by Crippen LogP contribution is 2.27. The molecule has 2 saturated heterocycles. The Hall–Kier alpha value is -1.90. The highest BCUT2D eigenvalue weighted by atomic mass is 32.2. The van der Waals surface area contributed by atoms with E-state index < -0.39 is 15.9 Å². The Morgan fingerprint density at radius 1 is 1.18 bits per heavy atom. The average Bonchev–Trinajstić information content (AvgIpc) is 3.10. The van der Waals surface area contributed by atoms with Crippen molar-refractivity contribution >= 4 is 27.5 Å². The first-order chi connectivity index (χ1) is 13.1. The summed E-state index contributed by atoms with van der Waals surface area (Å²) in [6.45, 7) is 6.49. The Morgan fingerprint density at radius 3 is 2.46 bits per heavy atom. The van der Waals surface area contributed by atoms with Gasteiger partial charge >= 0.3 is 0 Å². The molecule has 2 amide bonds. The van der Waals surface area contributed by atoms with E-state index in [9.17, 15) is 18.0 Å². The van der Waals surface area contributed by atoms with E-state index in [4.69, 9.17) is 4.52 Å². The van der Waals surface area contributed by atoms with Gasteiger partial charge in [-0.15, -0.1) is 0 Å². The molecule has 28 heavy (non-hydrogen) atoms. The van der Waals surface area contributed by atoms with Crippen LogP contribution >= 0.6 is 0 Å². The number of aromatic nitrogens is 1. The number of sulfone groups is 1. The van der Waals surface area contributed by atoms with E-state index in [1.165, 1.54) is 0 Å². The van der Waals surface area contributed by atoms with Gasteiger partial charge in [-0.25, -0.2) is 8.42 Å². The van der Waals surface area contributed by atoms with E-state index in [0.717, 1.165) is 12.8 Å². The lowest BCUT2D eigenvalue weighted by Crippen LogP contribution is -2.52. The molecule has 156 valence electrons.